The van der Waals surface area contributed by atoms with E-state index in [1.165, 1.54) is 113 Å². The first-order chi connectivity index (χ1) is 24.2. The van der Waals surface area contributed by atoms with E-state index in [4.69, 9.17) is 0 Å². The molecule has 0 spiro atoms. The second-order valence-electron chi connectivity index (χ2n) is 19.3. The number of allylic oxidation sites excluding steroid dienone is 3. The Labute approximate surface area is 315 Å². The van der Waals surface area contributed by atoms with Crippen LogP contribution in [0.2, 0.25) is 0 Å². The van der Waals surface area contributed by atoms with Crippen molar-refractivity contribution in [2.45, 2.75) is 118 Å². The van der Waals surface area contributed by atoms with E-state index >= 15 is 0 Å². The fourth-order valence-electron chi connectivity index (χ4n) is 14.1. The van der Waals surface area contributed by atoms with Crippen molar-refractivity contribution in [2.24, 2.45) is 51.2 Å². The highest BCUT2D eigenvalue weighted by atomic mass is 32.2. The van der Waals surface area contributed by atoms with Crippen molar-refractivity contribution in [1.29, 1.82) is 0 Å². The van der Waals surface area contributed by atoms with E-state index in [1.54, 1.807) is 12.1 Å². The number of hydrogen-bond acceptors (Lipinski definition) is 5. The van der Waals surface area contributed by atoms with Gasteiger partial charge in [0.05, 0.1) is 5.56 Å². The zero-order chi connectivity index (χ0) is 36.4. The van der Waals surface area contributed by atoms with Gasteiger partial charge in [-0.2, -0.15) is 0 Å². The molecule has 6 aliphatic rings. The number of carboxylic acid groups (broad SMARTS) is 1. The Bertz CT molecular complexity index is 1500. The minimum Gasteiger partial charge on any atom is -0.478 e. The highest BCUT2D eigenvalue weighted by Gasteiger charge is 2.70. The van der Waals surface area contributed by atoms with Crippen LogP contribution in [0, 0.1) is 51.2 Å². The second kappa shape index (κ2) is 13.9. The number of hydrogen-bond donors (Lipinski definition) is 2. The maximum absolute atomic E-state index is 11.6. The van der Waals surface area contributed by atoms with Crippen LogP contribution in [0.4, 0.5) is 0 Å². The summed E-state index contributed by atoms with van der Waals surface area (Å²) in [5.41, 5.74) is 5.66. The predicted octanol–water partition coefficient (Wildman–Crippen LogP) is 10.1. The lowest BCUT2D eigenvalue weighted by Crippen LogP contribution is -2.68. The molecule has 0 unspecified atom stereocenters. The van der Waals surface area contributed by atoms with Crippen molar-refractivity contribution in [3.05, 3.63) is 53.6 Å². The maximum Gasteiger partial charge on any atom is 0.335 e. The smallest absolute Gasteiger partial charge is 0.335 e. The van der Waals surface area contributed by atoms with Gasteiger partial charge >= 0.3 is 5.97 Å². The molecule has 0 bridgehead atoms. The van der Waals surface area contributed by atoms with Crippen LogP contribution in [-0.4, -0.2) is 70.8 Å². The molecular formula is C45H69N3O2S. The van der Waals surface area contributed by atoms with Crippen molar-refractivity contribution < 1.29 is 9.90 Å². The van der Waals surface area contributed by atoms with Crippen molar-refractivity contribution >= 4 is 23.5 Å². The number of nitrogens with zero attached hydrogens (tertiary/aromatic N) is 2. The van der Waals surface area contributed by atoms with Crippen LogP contribution in [0.15, 0.2) is 42.5 Å². The number of rotatable bonds is 10. The van der Waals surface area contributed by atoms with Gasteiger partial charge in [-0.05, 0) is 146 Å². The van der Waals surface area contributed by atoms with E-state index in [2.05, 4.69) is 87.8 Å². The normalized spacial score (nSPS) is 40.8. The van der Waals surface area contributed by atoms with Crippen LogP contribution in [0.3, 0.4) is 0 Å². The monoisotopic (exact) mass is 716 g/mol. The highest BCUT2D eigenvalue weighted by Crippen LogP contribution is 2.76. The lowest BCUT2D eigenvalue weighted by molar-refractivity contribution is -0.219. The summed E-state index contributed by atoms with van der Waals surface area (Å²) in [6, 6.07) is 7.68. The molecule has 7 rings (SSSR count). The molecule has 5 aliphatic carbocycles. The molecule has 9 atom stereocenters. The molecule has 5 nitrogen and oxygen atoms in total. The van der Waals surface area contributed by atoms with Gasteiger partial charge in [0.2, 0.25) is 0 Å². The summed E-state index contributed by atoms with van der Waals surface area (Å²) >= 11 is 2.05. The molecule has 51 heavy (non-hydrogen) atoms. The predicted molar refractivity (Wildman–Crippen MR) is 215 cm³/mol. The molecule has 4 saturated carbocycles. The summed E-state index contributed by atoms with van der Waals surface area (Å²) in [6.45, 7) is 29.5. The summed E-state index contributed by atoms with van der Waals surface area (Å²) in [7, 11) is 0. The molecule has 1 aliphatic heterocycles. The highest BCUT2D eigenvalue weighted by molar-refractivity contribution is 7.97. The number of carboxylic acids is 1. The fourth-order valence-corrected chi connectivity index (χ4v) is 15.0. The Morgan fingerprint density at radius 2 is 1.65 bits per heavy atom. The van der Waals surface area contributed by atoms with Crippen LogP contribution >= 0.6 is 11.9 Å². The van der Waals surface area contributed by atoms with Crippen LogP contribution < -0.4 is 5.32 Å². The lowest BCUT2D eigenvalue weighted by atomic mass is 9.33. The van der Waals surface area contributed by atoms with Gasteiger partial charge in [0.1, 0.15) is 0 Å². The minimum atomic E-state index is -0.851. The summed E-state index contributed by atoms with van der Waals surface area (Å²) in [4.78, 5) is 14.3. The van der Waals surface area contributed by atoms with Gasteiger partial charge in [-0.3, -0.25) is 4.90 Å². The zero-order valence-corrected chi connectivity index (χ0v) is 34.0. The molecule has 0 radical (unpaired) electrons. The first-order valence-electron chi connectivity index (χ1n) is 20.8. The Kier molecular flexibility index (Phi) is 10.3. The number of piperazine rings is 1. The van der Waals surface area contributed by atoms with Gasteiger partial charge in [0, 0.05) is 50.6 Å². The second-order valence-corrected chi connectivity index (χ2v) is 20.5. The SMILES string of the molecule is C=C(C)[C@@H]1CC[C@]2(NCCN3CCN(SCCC)CC3)CC[C@]3(C)[C@H](CC[C@@H]4[C@@]5(C)CC=C(c6ccc(C(=O)O)cc6)C(C)(C)[C@@H]5CC[C@]43C)[C@@H]12. The first kappa shape index (κ1) is 37.7. The summed E-state index contributed by atoms with van der Waals surface area (Å²) < 4.78 is 2.59. The Balaban J connectivity index is 1.10. The van der Waals surface area contributed by atoms with Crippen molar-refractivity contribution in [3.8, 4) is 0 Å². The van der Waals surface area contributed by atoms with E-state index < -0.39 is 5.97 Å². The van der Waals surface area contributed by atoms with E-state index in [0.717, 1.165) is 24.8 Å². The molecule has 5 fully saturated rings. The van der Waals surface area contributed by atoms with Crippen molar-refractivity contribution in [2.75, 3.05) is 45.0 Å². The number of fused-ring (bicyclic) bond motifs is 7. The summed E-state index contributed by atoms with van der Waals surface area (Å²) in [5, 5.41) is 13.9. The molecule has 1 saturated heterocycles. The number of aromatic carboxylic acids is 1. The van der Waals surface area contributed by atoms with E-state index in [9.17, 15) is 9.90 Å². The quantitative estimate of drug-likeness (QED) is 0.186. The third-order valence-corrected chi connectivity index (χ3v) is 18.1. The summed E-state index contributed by atoms with van der Waals surface area (Å²) in [6.07, 6.45) is 15.6. The molecule has 0 amide bonds. The van der Waals surface area contributed by atoms with Gasteiger partial charge in [0.25, 0.3) is 0 Å². The van der Waals surface area contributed by atoms with Gasteiger partial charge in [-0.25, -0.2) is 9.10 Å². The van der Waals surface area contributed by atoms with Gasteiger partial charge in [0.15, 0.2) is 0 Å². The maximum atomic E-state index is 11.6. The van der Waals surface area contributed by atoms with Crippen molar-refractivity contribution in [3.63, 3.8) is 0 Å². The molecular weight excluding hydrogens is 647 g/mol. The number of nitrogens with one attached hydrogen (secondary N) is 1. The van der Waals surface area contributed by atoms with Gasteiger partial charge in [-0.15, -0.1) is 0 Å². The molecule has 6 heteroatoms. The molecule has 1 aromatic rings. The topological polar surface area (TPSA) is 55.8 Å². The minimum absolute atomic E-state index is 0.0416. The van der Waals surface area contributed by atoms with Crippen LogP contribution in [0.1, 0.15) is 129 Å². The Morgan fingerprint density at radius 3 is 2.31 bits per heavy atom. The Morgan fingerprint density at radius 1 is 0.922 bits per heavy atom. The van der Waals surface area contributed by atoms with Crippen LogP contribution in [-0.2, 0) is 0 Å². The molecule has 1 aromatic carbocycles. The average Bonchev–Trinajstić information content (AvgIpc) is 3.48. The van der Waals surface area contributed by atoms with Crippen LogP contribution in [0.5, 0.6) is 0 Å². The lowest BCUT2D eigenvalue weighted by Gasteiger charge is -2.72. The van der Waals surface area contributed by atoms with Gasteiger partial charge < -0.3 is 10.4 Å². The fraction of sp³-hybridized carbons (Fsp3) is 0.756. The third kappa shape index (κ3) is 6.13. The molecule has 2 N–H and O–H groups in total. The standard InChI is InChI=1S/C45H69N3O2S/c1-9-30-51-48-28-26-47(27-29-48)25-24-46-45-21-16-34(31(2)3)39(45)36-14-15-38-42(6)19-17-35(32-10-12-33(13-11-32)40(49)50)41(4,5)37(42)18-20-44(38,8)43(36,7)22-23-45/h10-13,17,34,36-39,46H,2,9,14-16,18-30H2,1,3-8H3,(H,49,50)/t34-,36+,37-,38+,39+,42-,43+,44+,45-/m0/s1. The first-order valence-corrected chi connectivity index (χ1v) is 21.7. The van der Waals surface area contributed by atoms with Gasteiger partial charge in [-0.1, -0.05) is 83.9 Å². The third-order valence-electron chi connectivity index (χ3n) is 16.8. The number of benzene rings is 1. The van der Waals surface area contributed by atoms with Crippen LogP contribution in [0.25, 0.3) is 5.57 Å². The molecule has 1 heterocycles. The van der Waals surface area contributed by atoms with E-state index in [0.29, 0.717) is 34.1 Å². The van der Waals surface area contributed by atoms with Crippen molar-refractivity contribution in [1.82, 2.24) is 14.5 Å². The van der Waals surface area contributed by atoms with E-state index in [1.807, 2.05) is 11.9 Å². The Hall–Kier alpha value is -1.60. The zero-order valence-electron chi connectivity index (χ0n) is 33.2. The molecule has 282 valence electrons. The summed E-state index contributed by atoms with van der Waals surface area (Å²) in [5.74, 6) is 3.82. The largest absolute Gasteiger partial charge is 0.478 e. The van der Waals surface area contributed by atoms with E-state index in [-0.39, 0.29) is 16.4 Å². The molecule has 0 aromatic heterocycles. The number of carbonyl (C=O) groups is 1. The average molecular weight is 716 g/mol.